The number of esters is 1. The van der Waals surface area contributed by atoms with Gasteiger partial charge in [-0.2, -0.15) is 5.10 Å². The third kappa shape index (κ3) is 2.10. The monoisotopic (exact) mass is 253 g/mol. The van der Waals surface area contributed by atoms with E-state index in [1.54, 1.807) is 17.6 Å². The molecule has 0 fully saturated rings. The molecule has 0 atom stereocenters. The maximum Gasteiger partial charge on any atom is 0.340 e. The Morgan fingerprint density at radius 2 is 2.29 bits per heavy atom. The summed E-state index contributed by atoms with van der Waals surface area (Å²) in [6.07, 6.45) is 3.75. The van der Waals surface area contributed by atoms with E-state index in [0.717, 1.165) is 5.56 Å². The molecule has 90 valence electrons. The lowest BCUT2D eigenvalue weighted by atomic mass is 10.1. The van der Waals surface area contributed by atoms with E-state index < -0.39 is 0 Å². The normalized spacial score (nSPS) is 10.8. The number of hydrogen-bond donors (Lipinski definition) is 0. The second-order valence-electron chi connectivity index (χ2n) is 3.44. The summed E-state index contributed by atoms with van der Waals surface area (Å²) in [6, 6.07) is 0. The van der Waals surface area contributed by atoms with Gasteiger partial charge >= 0.3 is 5.97 Å². The Labute approximate surface area is 103 Å². The summed E-state index contributed by atoms with van der Waals surface area (Å²) in [4.78, 5) is 15.9. The lowest BCUT2D eigenvalue weighted by molar-refractivity contribution is 0.0524. The second kappa shape index (κ2) is 4.71. The minimum Gasteiger partial charge on any atom is -0.462 e. The highest BCUT2D eigenvalue weighted by Gasteiger charge is 2.17. The number of fused-ring (bicyclic) bond motifs is 1. The number of imidazole rings is 1. The number of nitrogens with zero attached hydrogens (tertiary/aromatic N) is 3. The maximum absolute atomic E-state index is 11.7. The number of aryl methyl sites for hydroxylation is 1. The number of carbonyl (C=O) groups excluding carboxylic acids is 1. The fraction of sp³-hybridized carbons (Fsp3) is 0.364. The molecule has 5 nitrogen and oxygen atoms in total. The van der Waals surface area contributed by atoms with Crippen LogP contribution in [0.5, 0.6) is 0 Å². The van der Waals surface area contributed by atoms with Crippen molar-refractivity contribution in [3.63, 3.8) is 0 Å². The van der Waals surface area contributed by atoms with E-state index in [-0.39, 0.29) is 5.97 Å². The van der Waals surface area contributed by atoms with Crippen molar-refractivity contribution in [1.29, 1.82) is 0 Å². The van der Waals surface area contributed by atoms with Gasteiger partial charge in [0, 0.05) is 5.56 Å². The van der Waals surface area contributed by atoms with Crippen LogP contribution in [0.4, 0.5) is 0 Å². The quantitative estimate of drug-likeness (QED) is 0.787. The molecule has 0 N–H and O–H groups in total. The molecule has 6 heteroatoms. The highest BCUT2D eigenvalue weighted by molar-refractivity contribution is 6.29. The van der Waals surface area contributed by atoms with E-state index in [1.807, 2.05) is 6.92 Å². The Morgan fingerprint density at radius 1 is 1.53 bits per heavy atom. The molecule has 2 aromatic heterocycles. The Kier molecular flexibility index (Phi) is 3.28. The number of aromatic nitrogens is 3. The minimum absolute atomic E-state index is 0.336. The van der Waals surface area contributed by atoms with Crippen molar-refractivity contribution in [3.8, 4) is 0 Å². The van der Waals surface area contributed by atoms with Gasteiger partial charge in [0.15, 0.2) is 5.65 Å². The third-order valence-corrected chi connectivity index (χ3v) is 2.60. The van der Waals surface area contributed by atoms with E-state index >= 15 is 0 Å². The van der Waals surface area contributed by atoms with Crippen molar-refractivity contribution in [3.05, 3.63) is 28.7 Å². The van der Waals surface area contributed by atoms with E-state index in [9.17, 15) is 4.79 Å². The molecule has 0 saturated carbocycles. The average molecular weight is 254 g/mol. The van der Waals surface area contributed by atoms with Crippen LogP contribution in [0.1, 0.15) is 29.8 Å². The Balaban J connectivity index is 2.60. The minimum atomic E-state index is -0.376. The van der Waals surface area contributed by atoms with Gasteiger partial charge in [-0.15, -0.1) is 0 Å². The number of ether oxygens (including phenoxy) is 1. The highest BCUT2D eigenvalue weighted by Crippen LogP contribution is 2.18. The topological polar surface area (TPSA) is 56.5 Å². The van der Waals surface area contributed by atoms with E-state index in [4.69, 9.17) is 16.3 Å². The molecule has 0 saturated heterocycles. The Morgan fingerprint density at radius 3 is 2.94 bits per heavy atom. The van der Waals surface area contributed by atoms with Crippen LogP contribution in [0.15, 0.2) is 12.4 Å². The van der Waals surface area contributed by atoms with Crippen LogP contribution in [0.25, 0.3) is 5.65 Å². The average Bonchev–Trinajstić information content (AvgIpc) is 2.68. The van der Waals surface area contributed by atoms with Crippen LogP contribution >= 0.6 is 11.6 Å². The summed E-state index contributed by atoms with van der Waals surface area (Å²) in [5.41, 5.74) is 1.84. The SMILES string of the molecule is CCOC(=O)c1cnn2cc(Cl)nc2c1CC. The van der Waals surface area contributed by atoms with Gasteiger partial charge < -0.3 is 4.74 Å². The number of hydrogen-bond acceptors (Lipinski definition) is 4. The first-order valence-corrected chi connectivity index (χ1v) is 5.75. The third-order valence-electron chi connectivity index (χ3n) is 2.41. The van der Waals surface area contributed by atoms with Crippen LogP contribution in [-0.4, -0.2) is 27.2 Å². The van der Waals surface area contributed by atoms with Crippen molar-refractivity contribution in [1.82, 2.24) is 14.6 Å². The number of halogens is 1. The van der Waals surface area contributed by atoms with Gasteiger partial charge in [-0.3, -0.25) is 0 Å². The predicted molar refractivity (Wildman–Crippen MR) is 63.3 cm³/mol. The smallest absolute Gasteiger partial charge is 0.340 e. The maximum atomic E-state index is 11.7. The Bertz CT molecular complexity index is 565. The zero-order chi connectivity index (χ0) is 12.4. The van der Waals surface area contributed by atoms with E-state index in [2.05, 4.69) is 10.1 Å². The molecule has 0 aliphatic carbocycles. The van der Waals surface area contributed by atoms with Gasteiger partial charge in [0.1, 0.15) is 5.15 Å². The van der Waals surface area contributed by atoms with Crippen LogP contribution in [0.3, 0.4) is 0 Å². The van der Waals surface area contributed by atoms with Gasteiger partial charge in [0.25, 0.3) is 0 Å². The largest absolute Gasteiger partial charge is 0.462 e. The molecular weight excluding hydrogens is 242 g/mol. The lowest BCUT2D eigenvalue weighted by Crippen LogP contribution is -2.11. The summed E-state index contributed by atoms with van der Waals surface area (Å²) in [6.45, 7) is 4.05. The molecule has 0 bridgehead atoms. The fourth-order valence-electron chi connectivity index (χ4n) is 1.69. The van der Waals surface area contributed by atoms with Gasteiger partial charge in [0.2, 0.25) is 0 Å². The van der Waals surface area contributed by atoms with Crippen molar-refractivity contribution >= 4 is 23.2 Å². The number of carbonyl (C=O) groups is 1. The molecule has 17 heavy (non-hydrogen) atoms. The van der Waals surface area contributed by atoms with Crippen LogP contribution in [-0.2, 0) is 11.2 Å². The molecule has 0 amide bonds. The molecule has 2 rings (SSSR count). The van der Waals surface area contributed by atoms with Crippen molar-refractivity contribution in [2.75, 3.05) is 6.61 Å². The van der Waals surface area contributed by atoms with Crippen LogP contribution < -0.4 is 0 Å². The zero-order valence-electron chi connectivity index (χ0n) is 9.61. The van der Waals surface area contributed by atoms with E-state index in [0.29, 0.717) is 29.4 Å². The molecule has 0 aliphatic rings. The number of rotatable bonds is 3. The Hall–Kier alpha value is -1.62. The van der Waals surface area contributed by atoms with Crippen LogP contribution in [0.2, 0.25) is 5.15 Å². The summed E-state index contributed by atoms with van der Waals surface area (Å²) in [5, 5.41) is 4.44. The second-order valence-corrected chi connectivity index (χ2v) is 3.83. The molecule has 2 aromatic rings. The van der Waals surface area contributed by atoms with Gasteiger partial charge in [-0.25, -0.2) is 14.3 Å². The molecular formula is C11H12ClN3O2. The zero-order valence-corrected chi connectivity index (χ0v) is 10.4. The summed E-state index contributed by atoms with van der Waals surface area (Å²) >= 11 is 5.82. The highest BCUT2D eigenvalue weighted by atomic mass is 35.5. The molecule has 0 radical (unpaired) electrons. The first-order valence-electron chi connectivity index (χ1n) is 5.37. The first kappa shape index (κ1) is 11.9. The lowest BCUT2D eigenvalue weighted by Gasteiger charge is -2.07. The van der Waals surface area contributed by atoms with Crippen molar-refractivity contribution in [2.24, 2.45) is 0 Å². The van der Waals surface area contributed by atoms with E-state index in [1.165, 1.54) is 6.20 Å². The molecule has 2 heterocycles. The van der Waals surface area contributed by atoms with Crippen molar-refractivity contribution in [2.45, 2.75) is 20.3 Å². The molecule has 0 aromatic carbocycles. The molecule has 0 spiro atoms. The van der Waals surface area contributed by atoms with Gasteiger partial charge in [0.05, 0.1) is 24.6 Å². The standard InChI is InChI=1S/C11H12ClN3O2/c1-3-7-8(11(16)17-4-2)5-13-15-6-9(12)14-10(7)15/h5-6H,3-4H2,1-2H3. The summed E-state index contributed by atoms with van der Waals surface area (Å²) in [5.74, 6) is -0.376. The van der Waals surface area contributed by atoms with Gasteiger partial charge in [-0.1, -0.05) is 18.5 Å². The van der Waals surface area contributed by atoms with Crippen LogP contribution in [0, 0.1) is 0 Å². The van der Waals surface area contributed by atoms with Crippen molar-refractivity contribution < 1.29 is 9.53 Å². The molecule has 0 unspecified atom stereocenters. The summed E-state index contributed by atoms with van der Waals surface area (Å²) in [7, 11) is 0. The van der Waals surface area contributed by atoms with Gasteiger partial charge in [-0.05, 0) is 13.3 Å². The predicted octanol–water partition coefficient (Wildman–Crippen LogP) is 2.12. The summed E-state index contributed by atoms with van der Waals surface area (Å²) < 4.78 is 6.54. The first-order chi connectivity index (χ1) is 8.17. The fourth-order valence-corrected chi connectivity index (χ4v) is 1.86. The molecule has 0 aliphatic heterocycles.